The third-order valence-corrected chi connectivity index (χ3v) is 10.3. The molecule has 7 amide bonds. The second kappa shape index (κ2) is 28.4. The van der Waals surface area contributed by atoms with Gasteiger partial charge in [0, 0.05) is 25.7 Å². The van der Waals surface area contributed by atoms with Crippen LogP contribution in [0.1, 0.15) is 36.0 Å². The van der Waals surface area contributed by atoms with Gasteiger partial charge in [-0.15, -0.1) is 0 Å². The van der Waals surface area contributed by atoms with Gasteiger partial charge in [-0.3, -0.25) is 43.2 Å². The van der Waals surface area contributed by atoms with Crippen LogP contribution in [0.15, 0.2) is 84.9 Å². The number of aliphatic carboxylic acids is 3. The average Bonchev–Trinajstić information content (AvgIpc) is 3.33. The van der Waals surface area contributed by atoms with E-state index in [1.54, 1.807) is 60.7 Å². The summed E-state index contributed by atoms with van der Waals surface area (Å²) in [6, 6.07) is 7.94. The van der Waals surface area contributed by atoms with Crippen LogP contribution in [0.3, 0.4) is 0 Å². The number of benzene rings is 3. The number of aliphatic hydroxyl groups excluding tert-OH is 3. The number of hydrogen-bond acceptors (Lipinski definition) is 15. The molecule has 3 aromatic rings. The zero-order valence-corrected chi connectivity index (χ0v) is 37.4. The molecule has 70 heavy (non-hydrogen) atoms. The minimum atomic E-state index is -2.03. The molecular weight excluding hydrogens is 925 g/mol. The molecule has 0 spiro atoms. The minimum absolute atomic E-state index is 0.117. The standard InChI is InChI=1S/C45H56N8O17/c46-28(21-54)38(62)48-30(17-24-7-3-1-4-8-24)40(64)52-34(22-55)43(67)50-31(18-25-9-5-2-6-10-25)41(65)53-35(23-56)44(68)51-33(20-37(60)61)42(66)49-32(19-26-11-13-27(57)14-12-26)39(63)47-29(45(69)70)15-16-36(58)59/h1-14,28-35,54-57H,15-23,46H2,(H,47,63)(H,48,62)(H,49,66)(H,50,67)(H,51,68)(H,52,64)(H,53,65)(H,58,59)(H,60,61)(H,69,70)/t28-,29-,30-,31-,32-,33-,34-,35-/m0/s1. The highest BCUT2D eigenvalue weighted by Gasteiger charge is 2.35. The lowest BCUT2D eigenvalue weighted by molar-refractivity contribution is -0.144. The molecule has 0 aromatic heterocycles. The Morgan fingerprint density at radius 2 is 0.757 bits per heavy atom. The number of nitrogens with two attached hydrogens (primary N) is 1. The molecule has 0 bridgehead atoms. The summed E-state index contributed by atoms with van der Waals surface area (Å²) >= 11 is 0. The van der Waals surface area contributed by atoms with Crippen LogP contribution in [0.4, 0.5) is 0 Å². The normalized spacial score (nSPS) is 14.3. The number of phenolic OH excluding ortho intramolecular Hbond substituents is 1. The fraction of sp³-hybridized carbons (Fsp3) is 0.378. The molecule has 3 aromatic carbocycles. The van der Waals surface area contributed by atoms with E-state index in [0.29, 0.717) is 16.7 Å². The number of carbonyl (C=O) groups is 10. The van der Waals surface area contributed by atoms with Gasteiger partial charge in [0.05, 0.1) is 26.2 Å². The van der Waals surface area contributed by atoms with Crippen LogP contribution in [-0.4, -0.2) is 163 Å². The van der Waals surface area contributed by atoms with Gasteiger partial charge >= 0.3 is 17.9 Å². The lowest BCUT2D eigenvalue weighted by atomic mass is 10.0. The van der Waals surface area contributed by atoms with Crippen molar-refractivity contribution < 1.29 is 83.7 Å². The molecule has 0 heterocycles. The summed E-state index contributed by atoms with van der Waals surface area (Å²) in [7, 11) is 0. The number of amides is 7. The van der Waals surface area contributed by atoms with Crippen molar-refractivity contribution in [2.75, 3.05) is 19.8 Å². The van der Waals surface area contributed by atoms with Gasteiger partial charge < -0.3 is 78.7 Å². The second-order valence-electron chi connectivity index (χ2n) is 15.7. The van der Waals surface area contributed by atoms with Gasteiger partial charge in [0.2, 0.25) is 41.4 Å². The fourth-order valence-corrected chi connectivity index (χ4v) is 6.49. The first kappa shape index (κ1) is 56.3. The van der Waals surface area contributed by atoms with E-state index in [2.05, 4.69) is 37.2 Å². The summed E-state index contributed by atoms with van der Waals surface area (Å²) in [4.78, 5) is 129. The Balaban J connectivity index is 1.84. The second-order valence-corrected chi connectivity index (χ2v) is 15.7. The molecule has 16 N–H and O–H groups in total. The molecule has 25 nitrogen and oxygen atoms in total. The summed E-state index contributed by atoms with van der Waals surface area (Å²) in [5.74, 6) is -12.8. The SMILES string of the molecule is N[C@@H](CO)C(=O)N[C@@H](Cc1ccccc1)C(=O)N[C@@H](CO)C(=O)N[C@@H](Cc1ccccc1)C(=O)N[C@@H](CO)C(=O)N[C@@H](CC(=O)O)C(=O)N[C@@H](Cc1ccc(O)cc1)C(=O)N[C@@H](CCC(=O)O)C(=O)O. The largest absolute Gasteiger partial charge is 0.508 e. The van der Waals surface area contributed by atoms with Gasteiger partial charge in [0.25, 0.3) is 0 Å². The molecule has 378 valence electrons. The smallest absolute Gasteiger partial charge is 0.326 e. The molecule has 0 radical (unpaired) electrons. The third-order valence-electron chi connectivity index (χ3n) is 10.3. The van der Waals surface area contributed by atoms with Crippen LogP contribution >= 0.6 is 0 Å². The van der Waals surface area contributed by atoms with Crippen molar-refractivity contribution in [1.29, 1.82) is 0 Å². The van der Waals surface area contributed by atoms with Crippen molar-refractivity contribution in [3.05, 3.63) is 102 Å². The summed E-state index contributed by atoms with van der Waals surface area (Å²) in [5.41, 5.74) is 6.94. The zero-order chi connectivity index (χ0) is 51.9. The van der Waals surface area contributed by atoms with Crippen molar-refractivity contribution in [3.8, 4) is 5.75 Å². The van der Waals surface area contributed by atoms with Crippen LogP contribution in [0.25, 0.3) is 0 Å². The van der Waals surface area contributed by atoms with E-state index >= 15 is 0 Å². The molecule has 0 aliphatic heterocycles. The van der Waals surface area contributed by atoms with Crippen LogP contribution in [-0.2, 0) is 67.2 Å². The van der Waals surface area contributed by atoms with E-state index in [1.165, 1.54) is 24.3 Å². The van der Waals surface area contributed by atoms with Crippen molar-refractivity contribution in [1.82, 2.24) is 37.2 Å². The molecular formula is C45H56N8O17. The number of nitrogens with one attached hydrogen (secondary N) is 7. The van der Waals surface area contributed by atoms with Gasteiger partial charge in [-0.1, -0.05) is 72.8 Å². The van der Waals surface area contributed by atoms with Gasteiger partial charge in [-0.05, 0) is 35.2 Å². The number of carboxylic acid groups (broad SMARTS) is 3. The highest BCUT2D eigenvalue weighted by atomic mass is 16.4. The molecule has 0 unspecified atom stereocenters. The average molecular weight is 981 g/mol. The molecule has 0 fully saturated rings. The summed E-state index contributed by atoms with van der Waals surface area (Å²) in [5, 5.41) is 83.7. The predicted molar refractivity (Wildman–Crippen MR) is 242 cm³/mol. The van der Waals surface area contributed by atoms with Gasteiger partial charge in [0.15, 0.2) is 0 Å². The lowest BCUT2D eigenvalue weighted by Gasteiger charge is -2.27. The number of carboxylic acids is 3. The van der Waals surface area contributed by atoms with Gasteiger partial charge in [0.1, 0.15) is 54.1 Å². The fourth-order valence-electron chi connectivity index (χ4n) is 6.49. The van der Waals surface area contributed by atoms with E-state index in [1.807, 2.05) is 0 Å². The van der Waals surface area contributed by atoms with Crippen LogP contribution in [0, 0.1) is 0 Å². The Morgan fingerprint density at radius 1 is 0.414 bits per heavy atom. The maximum absolute atomic E-state index is 13.9. The molecule has 0 saturated heterocycles. The van der Waals surface area contributed by atoms with Crippen molar-refractivity contribution >= 4 is 59.3 Å². The zero-order valence-electron chi connectivity index (χ0n) is 37.4. The van der Waals surface area contributed by atoms with Crippen LogP contribution < -0.4 is 43.0 Å². The first-order valence-electron chi connectivity index (χ1n) is 21.5. The van der Waals surface area contributed by atoms with Gasteiger partial charge in [-0.2, -0.15) is 0 Å². The predicted octanol–water partition coefficient (Wildman–Crippen LogP) is -4.46. The number of hydrogen-bond donors (Lipinski definition) is 15. The Hall–Kier alpha value is -8.00. The number of aromatic hydroxyl groups is 1. The van der Waals surface area contributed by atoms with E-state index < -0.39 is 153 Å². The minimum Gasteiger partial charge on any atom is -0.508 e. The van der Waals surface area contributed by atoms with Crippen molar-refractivity contribution in [2.24, 2.45) is 5.73 Å². The number of phenols is 1. The maximum Gasteiger partial charge on any atom is 0.326 e. The summed E-state index contributed by atoms with van der Waals surface area (Å²) in [6.45, 7) is -2.96. The molecule has 0 saturated carbocycles. The highest BCUT2D eigenvalue weighted by Crippen LogP contribution is 2.13. The van der Waals surface area contributed by atoms with E-state index in [0.717, 1.165) is 0 Å². The van der Waals surface area contributed by atoms with Crippen LogP contribution in [0.2, 0.25) is 0 Å². The van der Waals surface area contributed by atoms with E-state index in [4.69, 9.17) is 10.8 Å². The van der Waals surface area contributed by atoms with Gasteiger partial charge in [-0.25, -0.2) is 4.79 Å². The van der Waals surface area contributed by atoms with Crippen molar-refractivity contribution in [2.45, 2.75) is 86.9 Å². The number of carbonyl (C=O) groups excluding carboxylic acids is 7. The van der Waals surface area contributed by atoms with E-state index in [9.17, 15) is 78.6 Å². The quantitative estimate of drug-likeness (QED) is 0.0312. The first-order valence-corrected chi connectivity index (χ1v) is 21.5. The number of aliphatic hydroxyl groups is 3. The number of rotatable bonds is 29. The maximum atomic E-state index is 13.9. The third kappa shape index (κ3) is 18.9. The van der Waals surface area contributed by atoms with E-state index in [-0.39, 0.29) is 18.6 Å². The molecule has 8 atom stereocenters. The lowest BCUT2D eigenvalue weighted by Crippen LogP contribution is -2.61. The molecule has 0 aliphatic rings. The Bertz CT molecular complexity index is 2290. The summed E-state index contributed by atoms with van der Waals surface area (Å²) in [6.07, 6.45) is -3.17. The molecule has 0 aliphatic carbocycles. The first-order chi connectivity index (χ1) is 33.2. The van der Waals surface area contributed by atoms with Crippen LogP contribution in [0.5, 0.6) is 5.75 Å². The summed E-state index contributed by atoms with van der Waals surface area (Å²) < 4.78 is 0. The highest BCUT2D eigenvalue weighted by molar-refractivity contribution is 5.98. The van der Waals surface area contributed by atoms with Crippen molar-refractivity contribution in [3.63, 3.8) is 0 Å². The molecule has 25 heteroatoms. The topological polar surface area (TPSA) is 423 Å². The Labute approximate surface area is 399 Å². The molecule has 3 rings (SSSR count). The monoisotopic (exact) mass is 980 g/mol. The Morgan fingerprint density at radius 3 is 1.13 bits per heavy atom. The Kier molecular flexibility index (Phi) is 22.8.